The normalized spacial score (nSPS) is 16.0. The number of benzene rings is 1. The molecule has 2 heterocycles. The molecule has 0 radical (unpaired) electrons. The average molecular weight is 218 g/mol. The molecule has 0 aromatic heterocycles. The number of hydrogen-bond donors (Lipinski definition) is 0. The fourth-order valence-electron chi connectivity index (χ4n) is 1.29. The van der Waals surface area contributed by atoms with Crippen LogP contribution >= 0.6 is 0 Å². The quantitative estimate of drug-likeness (QED) is 0.624. The zero-order valence-electron chi connectivity index (χ0n) is 8.51. The van der Waals surface area contributed by atoms with Crippen LogP contribution in [0.15, 0.2) is 36.6 Å². The molecule has 2 bridgehead atoms. The fourth-order valence-corrected chi connectivity index (χ4v) is 1.29. The van der Waals surface area contributed by atoms with Crippen LogP contribution in [0.4, 0.5) is 0 Å². The predicted molar refractivity (Wildman–Crippen MR) is 55.9 cm³/mol. The lowest BCUT2D eigenvalue weighted by Crippen LogP contribution is -2.08. The molecule has 2 aliphatic heterocycles. The van der Waals surface area contributed by atoms with Crippen LogP contribution in [0.3, 0.4) is 0 Å². The van der Waals surface area contributed by atoms with Gasteiger partial charge < -0.3 is 9.47 Å². The maximum absolute atomic E-state index is 11.5. The Balaban J connectivity index is 2.31. The summed E-state index contributed by atoms with van der Waals surface area (Å²) >= 11 is 0. The van der Waals surface area contributed by atoms with Crippen LogP contribution in [-0.4, -0.2) is 18.5 Å². The van der Waals surface area contributed by atoms with Crippen molar-refractivity contribution < 1.29 is 19.1 Å². The highest BCUT2D eigenvalue weighted by Crippen LogP contribution is 2.09. The number of rotatable bonds is 0. The van der Waals surface area contributed by atoms with Crippen molar-refractivity contribution in [1.82, 2.24) is 0 Å². The minimum absolute atomic E-state index is 0.272. The number of carbonyl (C=O) groups excluding carboxylic acids is 2. The fraction of sp³-hybridized carbons (Fsp3) is 0.167. The molecule has 0 spiro atoms. The Bertz CT molecular complexity index is 431. The van der Waals surface area contributed by atoms with E-state index in [1.807, 2.05) is 0 Å². The van der Waals surface area contributed by atoms with Crippen molar-refractivity contribution in [2.45, 2.75) is 6.42 Å². The molecule has 0 aliphatic carbocycles. The van der Waals surface area contributed by atoms with Crippen LogP contribution in [0.25, 0.3) is 0 Å². The Morgan fingerprint density at radius 1 is 0.938 bits per heavy atom. The summed E-state index contributed by atoms with van der Waals surface area (Å²) in [4.78, 5) is 22.9. The van der Waals surface area contributed by atoms with Gasteiger partial charge in [0.15, 0.2) is 0 Å². The first-order valence-corrected chi connectivity index (χ1v) is 4.90. The monoisotopic (exact) mass is 218 g/mol. The van der Waals surface area contributed by atoms with Crippen LogP contribution in [-0.2, 0) is 9.47 Å². The van der Waals surface area contributed by atoms with E-state index in [1.165, 1.54) is 18.4 Å². The summed E-state index contributed by atoms with van der Waals surface area (Å²) in [6, 6.07) is 6.16. The molecule has 0 atom stereocenters. The number of esters is 2. The molecule has 16 heavy (non-hydrogen) atoms. The third-order valence-electron chi connectivity index (χ3n) is 2.15. The van der Waals surface area contributed by atoms with E-state index in [-0.39, 0.29) is 12.6 Å². The Kier molecular flexibility index (Phi) is 3.00. The first kappa shape index (κ1) is 10.4. The van der Waals surface area contributed by atoms with Crippen molar-refractivity contribution in [1.29, 1.82) is 0 Å². The van der Waals surface area contributed by atoms with Crippen molar-refractivity contribution in [2.24, 2.45) is 0 Å². The Morgan fingerprint density at radius 2 is 1.56 bits per heavy atom. The van der Waals surface area contributed by atoms with E-state index in [0.29, 0.717) is 17.5 Å². The zero-order chi connectivity index (χ0) is 11.4. The van der Waals surface area contributed by atoms with Gasteiger partial charge in [0.2, 0.25) is 0 Å². The summed E-state index contributed by atoms with van der Waals surface area (Å²) in [6.07, 6.45) is 3.47. The van der Waals surface area contributed by atoms with Crippen molar-refractivity contribution in [3.05, 3.63) is 47.7 Å². The molecule has 1 aromatic carbocycles. The molecule has 4 heteroatoms. The number of ether oxygens (including phenoxy) is 2. The van der Waals surface area contributed by atoms with Crippen molar-refractivity contribution in [2.75, 3.05) is 6.61 Å². The van der Waals surface area contributed by atoms with Crippen LogP contribution in [0.5, 0.6) is 0 Å². The number of hydrogen-bond acceptors (Lipinski definition) is 4. The molecule has 3 rings (SSSR count). The molecule has 82 valence electrons. The van der Waals surface area contributed by atoms with Gasteiger partial charge in [0, 0.05) is 6.42 Å². The van der Waals surface area contributed by atoms with Gasteiger partial charge in [-0.15, -0.1) is 0 Å². The highest BCUT2D eigenvalue weighted by molar-refractivity contribution is 5.93. The van der Waals surface area contributed by atoms with Gasteiger partial charge in [-0.05, 0) is 30.3 Å². The Hall–Kier alpha value is -2.10. The van der Waals surface area contributed by atoms with Crippen LogP contribution in [0.2, 0.25) is 0 Å². The topological polar surface area (TPSA) is 52.6 Å². The molecular weight excluding hydrogens is 208 g/mol. The third-order valence-corrected chi connectivity index (χ3v) is 2.15. The van der Waals surface area contributed by atoms with Crippen LogP contribution in [0.1, 0.15) is 27.1 Å². The van der Waals surface area contributed by atoms with Gasteiger partial charge in [0.05, 0.1) is 24.0 Å². The van der Waals surface area contributed by atoms with E-state index in [2.05, 4.69) is 0 Å². The third kappa shape index (κ3) is 2.28. The Labute approximate surface area is 92.5 Å². The summed E-state index contributed by atoms with van der Waals surface area (Å²) < 4.78 is 9.85. The highest BCUT2D eigenvalue weighted by atomic mass is 16.5. The van der Waals surface area contributed by atoms with Gasteiger partial charge in [-0.25, -0.2) is 9.59 Å². The molecule has 0 unspecified atom stereocenters. The largest absolute Gasteiger partial charge is 0.462 e. The predicted octanol–water partition coefficient (Wildman–Crippen LogP) is 1.92. The molecule has 0 saturated carbocycles. The van der Waals surface area contributed by atoms with Crippen LogP contribution in [0, 0.1) is 0 Å². The van der Waals surface area contributed by atoms with Crippen molar-refractivity contribution >= 4 is 11.9 Å². The summed E-state index contributed by atoms with van der Waals surface area (Å²) in [5.41, 5.74) is 0.836. The number of fused-ring (bicyclic) bond motifs is 8. The van der Waals surface area contributed by atoms with Gasteiger partial charge in [0.25, 0.3) is 0 Å². The first-order valence-electron chi connectivity index (χ1n) is 4.90. The molecule has 2 aliphatic rings. The summed E-state index contributed by atoms with van der Waals surface area (Å²) in [5.74, 6) is -0.814. The van der Waals surface area contributed by atoms with Crippen LogP contribution < -0.4 is 0 Å². The first-order chi connectivity index (χ1) is 7.77. The minimum atomic E-state index is -0.434. The van der Waals surface area contributed by atoms with Gasteiger partial charge in [-0.3, -0.25) is 0 Å². The standard InChI is InChI=1S/C12H10O4/c13-11-9-3-5-10(6-4-9)12(14)16-8-2-1-7-15-11/h1,3-7H,2,8H2. The van der Waals surface area contributed by atoms with E-state index in [9.17, 15) is 9.59 Å². The molecule has 0 saturated heterocycles. The lowest BCUT2D eigenvalue weighted by Gasteiger charge is -2.05. The van der Waals surface area contributed by atoms with E-state index in [0.717, 1.165) is 0 Å². The second kappa shape index (κ2) is 4.61. The maximum Gasteiger partial charge on any atom is 0.342 e. The van der Waals surface area contributed by atoms with Gasteiger partial charge in [-0.1, -0.05) is 0 Å². The van der Waals surface area contributed by atoms with Gasteiger partial charge in [-0.2, -0.15) is 0 Å². The summed E-state index contributed by atoms with van der Waals surface area (Å²) in [7, 11) is 0. The van der Waals surface area contributed by atoms with E-state index >= 15 is 0 Å². The van der Waals surface area contributed by atoms with Crippen molar-refractivity contribution in [3.8, 4) is 0 Å². The molecule has 0 amide bonds. The lowest BCUT2D eigenvalue weighted by molar-refractivity contribution is 0.0506. The smallest absolute Gasteiger partial charge is 0.342 e. The summed E-state index contributed by atoms with van der Waals surface area (Å²) in [5, 5.41) is 0. The van der Waals surface area contributed by atoms with Gasteiger partial charge >= 0.3 is 11.9 Å². The zero-order valence-corrected chi connectivity index (χ0v) is 8.51. The second-order valence-corrected chi connectivity index (χ2v) is 3.28. The Morgan fingerprint density at radius 3 is 2.25 bits per heavy atom. The average Bonchev–Trinajstić information content (AvgIpc) is 2.31. The van der Waals surface area contributed by atoms with Gasteiger partial charge in [0.1, 0.15) is 0 Å². The summed E-state index contributed by atoms with van der Waals surface area (Å²) in [6.45, 7) is 0.272. The van der Waals surface area contributed by atoms with Crippen molar-refractivity contribution in [3.63, 3.8) is 0 Å². The second-order valence-electron chi connectivity index (χ2n) is 3.28. The molecule has 0 N–H and O–H groups in total. The SMILES string of the molecule is O=C1OC=CCCOC(=O)c2ccc1cc2. The lowest BCUT2D eigenvalue weighted by atomic mass is 10.1. The molecular formula is C12H10O4. The molecule has 1 aromatic rings. The minimum Gasteiger partial charge on any atom is -0.462 e. The van der Waals surface area contributed by atoms with E-state index < -0.39 is 5.97 Å². The molecule has 0 fully saturated rings. The number of carbonyl (C=O) groups is 2. The highest BCUT2D eigenvalue weighted by Gasteiger charge is 2.10. The maximum atomic E-state index is 11.5. The van der Waals surface area contributed by atoms with E-state index in [1.54, 1.807) is 18.2 Å². The van der Waals surface area contributed by atoms with E-state index in [4.69, 9.17) is 9.47 Å². The molecule has 4 nitrogen and oxygen atoms in total.